The zero-order valence-electron chi connectivity index (χ0n) is 12.1. The lowest BCUT2D eigenvalue weighted by molar-refractivity contribution is 0.00661. The normalized spacial score (nSPS) is 31.7. The summed E-state index contributed by atoms with van der Waals surface area (Å²) >= 11 is 0. The van der Waals surface area contributed by atoms with Gasteiger partial charge in [0.05, 0.1) is 0 Å². The highest BCUT2D eigenvalue weighted by Crippen LogP contribution is 2.50. The maximum absolute atomic E-state index is 6.19. The number of piperidine rings is 1. The van der Waals surface area contributed by atoms with Gasteiger partial charge in [-0.2, -0.15) is 0 Å². The molecule has 0 aromatic rings. The molecule has 2 heteroatoms. The summed E-state index contributed by atoms with van der Waals surface area (Å²) in [6.07, 6.45) is 13.0. The lowest BCUT2D eigenvalue weighted by Crippen LogP contribution is -2.58. The van der Waals surface area contributed by atoms with Crippen molar-refractivity contribution in [2.45, 2.75) is 70.3 Å². The van der Waals surface area contributed by atoms with Crippen LogP contribution in [-0.4, -0.2) is 30.1 Å². The molecule has 1 atom stereocenters. The van der Waals surface area contributed by atoms with E-state index in [9.17, 15) is 0 Å². The molecule has 2 aliphatic carbocycles. The molecule has 0 radical (unpaired) electrons. The molecule has 1 aliphatic heterocycles. The summed E-state index contributed by atoms with van der Waals surface area (Å²) in [5.41, 5.74) is 7.30. The van der Waals surface area contributed by atoms with E-state index in [0.717, 1.165) is 17.9 Å². The van der Waals surface area contributed by atoms with Crippen LogP contribution < -0.4 is 5.73 Å². The van der Waals surface area contributed by atoms with Crippen molar-refractivity contribution < 1.29 is 0 Å². The average Bonchev–Trinajstić information content (AvgIpc) is 3.17. The number of hydrogen-bond donors (Lipinski definition) is 1. The Labute approximate surface area is 112 Å². The van der Waals surface area contributed by atoms with Crippen molar-refractivity contribution in [1.29, 1.82) is 0 Å². The molecule has 18 heavy (non-hydrogen) atoms. The van der Waals surface area contributed by atoms with Crippen molar-refractivity contribution >= 4 is 0 Å². The molecule has 104 valence electrons. The van der Waals surface area contributed by atoms with Crippen LogP contribution in [0.3, 0.4) is 0 Å². The molecule has 3 aliphatic rings. The lowest BCUT2D eigenvalue weighted by atomic mass is 9.75. The van der Waals surface area contributed by atoms with E-state index in [2.05, 4.69) is 11.8 Å². The second-order valence-electron chi connectivity index (χ2n) is 7.13. The summed E-state index contributed by atoms with van der Waals surface area (Å²) in [6.45, 7) is 5.87. The first-order valence-electron chi connectivity index (χ1n) is 8.20. The summed E-state index contributed by atoms with van der Waals surface area (Å²) in [4.78, 5) is 2.79. The fourth-order valence-corrected chi connectivity index (χ4v) is 4.88. The number of hydrogen-bond acceptors (Lipinski definition) is 2. The molecular weight excluding hydrogens is 220 g/mol. The van der Waals surface area contributed by atoms with E-state index in [1.54, 1.807) is 0 Å². The van der Waals surface area contributed by atoms with Crippen LogP contribution in [0.5, 0.6) is 0 Å². The van der Waals surface area contributed by atoms with E-state index in [-0.39, 0.29) is 0 Å². The van der Waals surface area contributed by atoms with Gasteiger partial charge in [0, 0.05) is 12.1 Å². The zero-order valence-corrected chi connectivity index (χ0v) is 12.1. The van der Waals surface area contributed by atoms with Gasteiger partial charge in [-0.15, -0.1) is 0 Å². The lowest BCUT2D eigenvalue weighted by Gasteiger charge is -2.49. The third-order valence-electron chi connectivity index (χ3n) is 6.42. The minimum absolute atomic E-state index is 0.361. The third kappa shape index (κ3) is 2.02. The zero-order chi connectivity index (χ0) is 12.6. The number of rotatable bonds is 4. The van der Waals surface area contributed by atoms with Crippen LogP contribution in [0.25, 0.3) is 0 Å². The summed E-state index contributed by atoms with van der Waals surface area (Å²) in [5.74, 6) is 0.908. The maximum Gasteiger partial charge on any atom is 0.0357 e. The van der Waals surface area contributed by atoms with Gasteiger partial charge < -0.3 is 5.73 Å². The van der Waals surface area contributed by atoms with Gasteiger partial charge in [0.1, 0.15) is 0 Å². The van der Waals surface area contributed by atoms with Crippen molar-refractivity contribution in [3.63, 3.8) is 0 Å². The molecule has 3 fully saturated rings. The molecule has 1 heterocycles. The minimum atomic E-state index is 0.361. The first-order chi connectivity index (χ1) is 8.75. The van der Waals surface area contributed by atoms with E-state index in [0.29, 0.717) is 5.54 Å². The van der Waals surface area contributed by atoms with Crippen molar-refractivity contribution in [1.82, 2.24) is 4.90 Å². The van der Waals surface area contributed by atoms with Crippen LogP contribution in [0.4, 0.5) is 0 Å². The molecule has 3 rings (SSSR count). The number of likely N-dealkylation sites (tertiary alicyclic amines) is 1. The maximum atomic E-state index is 6.19. The van der Waals surface area contributed by atoms with E-state index in [1.807, 2.05) is 0 Å². The van der Waals surface area contributed by atoms with Gasteiger partial charge in [-0.1, -0.05) is 19.8 Å². The summed E-state index contributed by atoms with van der Waals surface area (Å²) in [5, 5.41) is 0. The highest BCUT2D eigenvalue weighted by Gasteiger charge is 2.49. The molecule has 0 aromatic carbocycles. The number of nitrogens with zero attached hydrogens (tertiary/aromatic N) is 1. The topological polar surface area (TPSA) is 29.3 Å². The largest absolute Gasteiger partial charge is 0.329 e. The van der Waals surface area contributed by atoms with Crippen LogP contribution in [0.1, 0.15) is 64.7 Å². The summed E-state index contributed by atoms with van der Waals surface area (Å²) < 4.78 is 0. The molecule has 2 saturated carbocycles. The van der Waals surface area contributed by atoms with Crippen molar-refractivity contribution in [2.24, 2.45) is 17.1 Å². The van der Waals surface area contributed by atoms with Crippen LogP contribution in [0.2, 0.25) is 0 Å². The van der Waals surface area contributed by atoms with E-state index >= 15 is 0 Å². The smallest absolute Gasteiger partial charge is 0.0357 e. The molecule has 1 saturated heterocycles. The fraction of sp³-hybridized carbons (Fsp3) is 1.00. The third-order valence-corrected chi connectivity index (χ3v) is 6.42. The van der Waals surface area contributed by atoms with E-state index in [1.165, 1.54) is 70.9 Å². The second-order valence-corrected chi connectivity index (χ2v) is 7.13. The van der Waals surface area contributed by atoms with Gasteiger partial charge in [0.25, 0.3) is 0 Å². The average molecular weight is 250 g/mol. The Kier molecular flexibility index (Phi) is 3.44. The molecule has 2 nitrogen and oxygen atoms in total. The van der Waals surface area contributed by atoms with Gasteiger partial charge in [0.15, 0.2) is 0 Å². The summed E-state index contributed by atoms with van der Waals surface area (Å²) in [6, 6.07) is 0. The molecule has 2 N–H and O–H groups in total. The van der Waals surface area contributed by atoms with E-state index in [4.69, 9.17) is 5.73 Å². The Balaban J connectivity index is 1.67. The quantitative estimate of drug-likeness (QED) is 0.830. The standard InChI is InChI=1S/C16H30N2/c1-2-16(13-17,14-5-6-14)18-11-9-15(10-12-18)7-3-4-8-15/h14H,2-13,17H2,1H3. The van der Waals surface area contributed by atoms with E-state index < -0.39 is 0 Å². The minimum Gasteiger partial charge on any atom is -0.329 e. The Hall–Kier alpha value is -0.0800. The highest BCUT2D eigenvalue weighted by molar-refractivity contribution is 5.05. The molecule has 0 amide bonds. The predicted molar refractivity (Wildman–Crippen MR) is 76.5 cm³/mol. The molecule has 1 unspecified atom stereocenters. The van der Waals surface area contributed by atoms with Crippen LogP contribution >= 0.6 is 0 Å². The van der Waals surface area contributed by atoms with Crippen molar-refractivity contribution in [3.8, 4) is 0 Å². The van der Waals surface area contributed by atoms with Gasteiger partial charge in [-0.3, -0.25) is 4.90 Å². The SMILES string of the molecule is CCC(CN)(C1CC1)N1CCC2(CCCC2)CC1. The van der Waals surface area contributed by atoms with Crippen LogP contribution in [-0.2, 0) is 0 Å². The Bertz CT molecular complexity index is 275. The second kappa shape index (κ2) is 4.79. The molecular formula is C16H30N2. The van der Waals surface area contributed by atoms with Crippen molar-refractivity contribution in [3.05, 3.63) is 0 Å². The molecule has 0 aromatic heterocycles. The Morgan fingerprint density at radius 1 is 1.11 bits per heavy atom. The van der Waals surface area contributed by atoms with Gasteiger partial charge >= 0.3 is 0 Å². The first kappa shape index (κ1) is 12.9. The Morgan fingerprint density at radius 3 is 2.17 bits per heavy atom. The first-order valence-corrected chi connectivity index (χ1v) is 8.20. The van der Waals surface area contributed by atoms with Crippen LogP contribution in [0, 0.1) is 11.3 Å². The molecule has 0 bridgehead atoms. The van der Waals surface area contributed by atoms with Gasteiger partial charge in [-0.25, -0.2) is 0 Å². The van der Waals surface area contributed by atoms with Gasteiger partial charge in [-0.05, 0) is 69.4 Å². The van der Waals surface area contributed by atoms with Gasteiger partial charge in [0.2, 0.25) is 0 Å². The monoisotopic (exact) mass is 250 g/mol. The Morgan fingerprint density at radius 2 is 1.72 bits per heavy atom. The fourth-order valence-electron chi connectivity index (χ4n) is 4.88. The van der Waals surface area contributed by atoms with Crippen molar-refractivity contribution in [2.75, 3.05) is 19.6 Å². The number of nitrogens with two attached hydrogens (primary N) is 1. The van der Waals surface area contributed by atoms with Crippen LogP contribution in [0.15, 0.2) is 0 Å². The molecule has 1 spiro atoms. The predicted octanol–water partition coefficient (Wildman–Crippen LogP) is 3.16. The summed E-state index contributed by atoms with van der Waals surface area (Å²) in [7, 11) is 0. The highest BCUT2D eigenvalue weighted by atomic mass is 15.2.